The summed E-state index contributed by atoms with van der Waals surface area (Å²) in [7, 11) is 0. The number of H-pyrrole nitrogens is 1. The Morgan fingerprint density at radius 1 is 1.59 bits per heavy atom. The lowest BCUT2D eigenvalue weighted by Gasteiger charge is -2.10. The summed E-state index contributed by atoms with van der Waals surface area (Å²) in [6.07, 6.45) is 4.39. The summed E-state index contributed by atoms with van der Waals surface area (Å²) in [6.45, 7) is 0.581. The molecule has 98 valence electrons. The number of carbonyl (C=O) groups excluding carboxylic acids is 1. The van der Waals surface area contributed by atoms with Gasteiger partial charge in [0.1, 0.15) is 0 Å². The lowest BCUT2D eigenvalue weighted by atomic mass is 10.2. The third-order valence-corrected chi connectivity index (χ3v) is 2.67. The van der Waals surface area contributed by atoms with Crippen LogP contribution in [0, 0.1) is 5.92 Å². The number of hydrogen-bond acceptors (Lipinski definition) is 3. The van der Waals surface area contributed by atoms with Crippen molar-refractivity contribution in [1.82, 2.24) is 15.5 Å². The molecule has 0 aromatic carbocycles. The summed E-state index contributed by atoms with van der Waals surface area (Å²) in [6, 6.07) is 1.91. The van der Waals surface area contributed by atoms with E-state index in [1.807, 2.05) is 0 Å². The van der Waals surface area contributed by atoms with Crippen LogP contribution in [0.4, 0.5) is 0 Å². The van der Waals surface area contributed by atoms with E-state index in [-0.39, 0.29) is 36.8 Å². The first-order valence-corrected chi connectivity index (χ1v) is 5.26. The molecule has 0 aliphatic heterocycles. The van der Waals surface area contributed by atoms with Gasteiger partial charge in [0.15, 0.2) is 0 Å². The van der Waals surface area contributed by atoms with Crippen molar-refractivity contribution < 1.29 is 4.79 Å². The zero-order valence-corrected chi connectivity index (χ0v) is 11.0. The van der Waals surface area contributed by atoms with Gasteiger partial charge in [-0.2, -0.15) is 5.10 Å². The van der Waals surface area contributed by atoms with Gasteiger partial charge in [-0.1, -0.05) is 0 Å². The van der Waals surface area contributed by atoms with Crippen LogP contribution in [0.1, 0.15) is 18.5 Å². The van der Waals surface area contributed by atoms with Gasteiger partial charge < -0.3 is 11.1 Å². The molecule has 1 unspecified atom stereocenters. The minimum absolute atomic E-state index is 0. The van der Waals surface area contributed by atoms with Crippen molar-refractivity contribution in [1.29, 1.82) is 0 Å². The summed E-state index contributed by atoms with van der Waals surface area (Å²) in [5.74, 6) is 0.618. The van der Waals surface area contributed by atoms with Crippen LogP contribution in [-0.2, 0) is 11.2 Å². The Hall–Kier alpha value is -0.780. The van der Waals surface area contributed by atoms with Crippen LogP contribution in [0.25, 0.3) is 0 Å². The Labute approximate surface area is 113 Å². The first-order valence-electron chi connectivity index (χ1n) is 5.26. The van der Waals surface area contributed by atoms with Crippen molar-refractivity contribution in [3.8, 4) is 0 Å². The van der Waals surface area contributed by atoms with Gasteiger partial charge in [-0.05, 0) is 24.8 Å². The van der Waals surface area contributed by atoms with Crippen molar-refractivity contribution in [2.75, 3.05) is 6.54 Å². The van der Waals surface area contributed by atoms with Crippen LogP contribution in [0.3, 0.4) is 0 Å². The van der Waals surface area contributed by atoms with E-state index in [1.54, 1.807) is 12.3 Å². The molecule has 1 amide bonds. The molecule has 1 aromatic heterocycles. The van der Waals surface area contributed by atoms with E-state index < -0.39 is 0 Å². The van der Waals surface area contributed by atoms with Gasteiger partial charge in [-0.25, -0.2) is 0 Å². The largest absolute Gasteiger partial charge is 0.354 e. The molecule has 7 heteroatoms. The number of halogens is 2. The number of rotatable bonds is 5. The summed E-state index contributed by atoms with van der Waals surface area (Å²) < 4.78 is 0. The molecule has 1 saturated carbocycles. The Kier molecular flexibility index (Phi) is 7.18. The standard InChI is InChI=1S/C10H16N4O.2ClH/c11-9(7-1-2-7)6-12-10(15)5-8-3-4-13-14-8;;/h3-4,7,9H,1-2,5-6,11H2,(H,12,15)(H,13,14);2*1H. The molecule has 1 aromatic rings. The van der Waals surface area contributed by atoms with Gasteiger partial charge in [0, 0.05) is 24.5 Å². The van der Waals surface area contributed by atoms with Crippen LogP contribution in [0.5, 0.6) is 0 Å². The highest BCUT2D eigenvalue weighted by atomic mass is 35.5. The fourth-order valence-corrected chi connectivity index (χ4v) is 1.54. The van der Waals surface area contributed by atoms with Crippen LogP contribution in [0.15, 0.2) is 12.3 Å². The minimum Gasteiger partial charge on any atom is -0.354 e. The first kappa shape index (κ1) is 16.2. The van der Waals surface area contributed by atoms with Gasteiger partial charge in [-0.15, -0.1) is 24.8 Å². The summed E-state index contributed by atoms with van der Waals surface area (Å²) in [5.41, 5.74) is 6.69. The number of aromatic nitrogens is 2. The molecule has 1 atom stereocenters. The Balaban J connectivity index is 0.00000128. The number of nitrogens with zero attached hydrogens (tertiary/aromatic N) is 1. The monoisotopic (exact) mass is 280 g/mol. The highest BCUT2D eigenvalue weighted by molar-refractivity contribution is 5.85. The first-order chi connectivity index (χ1) is 7.25. The highest BCUT2D eigenvalue weighted by Gasteiger charge is 2.28. The second-order valence-corrected chi connectivity index (χ2v) is 4.06. The van der Waals surface area contributed by atoms with E-state index in [2.05, 4.69) is 15.5 Å². The molecule has 1 fully saturated rings. The second-order valence-electron chi connectivity index (χ2n) is 4.06. The Morgan fingerprint density at radius 2 is 2.29 bits per heavy atom. The van der Waals surface area contributed by atoms with Crippen LogP contribution in [-0.4, -0.2) is 28.7 Å². The van der Waals surface area contributed by atoms with E-state index in [9.17, 15) is 4.79 Å². The number of nitrogens with two attached hydrogens (primary N) is 1. The molecule has 2 rings (SSSR count). The molecule has 5 nitrogen and oxygen atoms in total. The number of amides is 1. The SMILES string of the molecule is Cl.Cl.NC(CNC(=O)Cc1ccn[nH]1)C1CC1. The summed E-state index contributed by atoms with van der Waals surface area (Å²) in [5, 5.41) is 9.36. The fourth-order valence-electron chi connectivity index (χ4n) is 1.54. The van der Waals surface area contributed by atoms with Crippen molar-refractivity contribution in [2.24, 2.45) is 11.7 Å². The molecule has 0 bridgehead atoms. The van der Waals surface area contributed by atoms with E-state index in [0.29, 0.717) is 18.9 Å². The number of nitrogens with one attached hydrogen (secondary N) is 2. The van der Waals surface area contributed by atoms with Crippen molar-refractivity contribution in [3.05, 3.63) is 18.0 Å². The maximum Gasteiger partial charge on any atom is 0.226 e. The number of hydrogen-bond donors (Lipinski definition) is 3. The predicted octanol–water partition coefficient (Wildman–Crippen LogP) is 0.649. The number of carbonyl (C=O) groups is 1. The maximum atomic E-state index is 11.4. The Morgan fingerprint density at radius 3 is 2.82 bits per heavy atom. The quantitative estimate of drug-likeness (QED) is 0.741. The molecule has 4 N–H and O–H groups in total. The Bertz CT molecular complexity index is 327. The highest BCUT2D eigenvalue weighted by Crippen LogP contribution is 2.31. The summed E-state index contributed by atoms with van der Waals surface area (Å²) >= 11 is 0. The normalized spacial score (nSPS) is 15.4. The van der Waals surface area contributed by atoms with E-state index >= 15 is 0 Å². The smallest absolute Gasteiger partial charge is 0.226 e. The third-order valence-electron chi connectivity index (χ3n) is 2.67. The molecule has 0 spiro atoms. The third kappa shape index (κ3) is 5.39. The lowest BCUT2D eigenvalue weighted by Crippen LogP contribution is -2.39. The zero-order valence-electron chi connectivity index (χ0n) is 9.39. The average Bonchev–Trinajstić information content (AvgIpc) is 2.95. The molecule has 1 aliphatic carbocycles. The molecular weight excluding hydrogens is 263 g/mol. The molecule has 0 saturated heterocycles. The van der Waals surface area contributed by atoms with Gasteiger partial charge >= 0.3 is 0 Å². The maximum absolute atomic E-state index is 11.4. The molecule has 17 heavy (non-hydrogen) atoms. The van der Waals surface area contributed by atoms with Gasteiger partial charge in [0.25, 0.3) is 0 Å². The molecule has 1 heterocycles. The van der Waals surface area contributed by atoms with Crippen molar-refractivity contribution >= 4 is 30.7 Å². The van der Waals surface area contributed by atoms with Crippen molar-refractivity contribution in [3.63, 3.8) is 0 Å². The fraction of sp³-hybridized carbons (Fsp3) is 0.600. The molecule has 1 aliphatic rings. The lowest BCUT2D eigenvalue weighted by molar-refractivity contribution is -0.120. The van der Waals surface area contributed by atoms with Gasteiger partial charge in [0.2, 0.25) is 5.91 Å². The number of aromatic amines is 1. The average molecular weight is 281 g/mol. The van der Waals surface area contributed by atoms with Crippen LogP contribution in [0.2, 0.25) is 0 Å². The second kappa shape index (κ2) is 7.53. The summed E-state index contributed by atoms with van der Waals surface area (Å²) in [4.78, 5) is 11.4. The van der Waals surface area contributed by atoms with E-state index in [4.69, 9.17) is 5.73 Å². The predicted molar refractivity (Wildman–Crippen MR) is 70.5 cm³/mol. The molecule has 0 radical (unpaired) electrons. The van der Waals surface area contributed by atoms with Gasteiger partial charge in [-0.3, -0.25) is 9.89 Å². The van der Waals surface area contributed by atoms with Crippen LogP contribution < -0.4 is 11.1 Å². The molecular formula is C10H18Cl2N4O. The van der Waals surface area contributed by atoms with E-state index in [1.165, 1.54) is 12.8 Å². The van der Waals surface area contributed by atoms with Crippen LogP contribution >= 0.6 is 24.8 Å². The topological polar surface area (TPSA) is 83.8 Å². The zero-order chi connectivity index (χ0) is 10.7. The minimum atomic E-state index is -0.00431. The van der Waals surface area contributed by atoms with Crippen molar-refractivity contribution in [2.45, 2.75) is 25.3 Å². The van der Waals surface area contributed by atoms with E-state index in [0.717, 1.165) is 5.69 Å². The van der Waals surface area contributed by atoms with Gasteiger partial charge in [0.05, 0.1) is 6.42 Å².